The lowest BCUT2D eigenvalue weighted by Crippen LogP contribution is -2.45. The minimum atomic E-state index is -4.65. The fourth-order valence-electron chi connectivity index (χ4n) is 3.11. The maximum absolute atomic E-state index is 12.7. The minimum Gasteiger partial charge on any atom is -0.405 e. The van der Waals surface area contributed by atoms with E-state index in [1.807, 2.05) is 0 Å². The summed E-state index contributed by atoms with van der Waals surface area (Å²) in [5.74, 6) is 0.581. The summed E-state index contributed by atoms with van der Waals surface area (Å²) in [7, 11) is 0. The van der Waals surface area contributed by atoms with E-state index in [4.69, 9.17) is 0 Å². The first-order valence-electron chi connectivity index (χ1n) is 7.82. The van der Waals surface area contributed by atoms with E-state index in [1.54, 1.807) is 18.2 Å². The molecule has 1 aromatic rings. The Kier molecular flexibility index (Phi) is 4.59. The van der Waals surface area contributed by atoms with E-state index in [1.165, 1.54) is 18.9 Å². The number of rotatable bonds is 5. The molecule has 122 valence electrons. The van der Waals surface area contributed by atoms with Gasteiger partial charge in [0.2, 0.25) is 0 Å². The third-order valence-corrected chi connectivity index (χ3v) is 4.35. The summed E-state index contributed by atoms with van der Waals surface area (Å²) in [6, 6.07) is 6.59. The molecule has 3 nitrogen and oxygen atoms in total. The molecule has 1 N–H and O–H groups in total. The van der Waals surface area contributed by atoms with Gasteiger partial charge in [-0.2, -0.15) is 0 Å². The summed E-state index contributed by atoms with van der Waals surface area (Å²) < 4.78 is 42.2. The molecule has 0 amide bonds. The van der Waals surface area contributed by atoms with E-state index in [0.717, 1.165) is 32.6 Å². The number of halogens is 3. The van der Waals surface area contributed by atoms with Gasteiger partial charge in [0.1, 0.15) is 5.75 Å². The topological polar surface area (TPSA) is 24.5 Å². The van der Waals surface area contributed by atoms with Crippen LogP contribution in [-0.2, 0) is 0 Å². The van der Waals surface area contributed by atoms with E-state index in [0.29, 0.717) is 11.5 Å². The maximum Gasteiger partial charge on any atom is 0.573 e. The predicted molar refractivity (Wildman–Crippen MR) is 77.6 cm³/mol. The molecule has 1 aliphatic carbocycles. The van der Waals surface area contributed by atoms with E-state index in [-0.39, 0.29) is 11.8 Å². The van der Waals surface area contributed by atoms with Crippen LogP contribution < -0.4 is 10.1 Å². The van der Waals surface area contributed by atoms with Gasteiger partial charge in [0, 0.05) is 37.8 Å². The van der Waals surface area contributed by atoms with Crippen LogP contribution >= 0.6 is 0 Å². The van der Waals surface area contributed by atoms with Gasteiger partial charge in [0.05, 0.1) is 0 Å². The summed E-state index contributed by atoms with van der Waals surface area (Å²) in [5.41, 5.74) is 0.661. The first-order chi connectivity index (χ1) is 10.5. The molecule has 0 radical (unpaired) electrons. The molecular weight excluding hydrogens is 293 g/mol. The summed E-state index contributed by atoms with van der Waals surface area (Å²) >= 11 is 0. The molecule has 1 aromatic carbocycles. The molecule has 2 aliphatic rings. The van der Waals surface area contributed by atoms with Crippen LogP contribution in [0.5, 0.6) is 5.75 Å². The second kappa shape index (κ2) is 6.46. The van der Waals surface area contributed by atoms with Gasteiger partial charge in [-0.15, -0.1) is 13.2 Å². The van der Waals surface area contributed by atoms with Crippen LogP contribution in [0.25, 0.3) is 0 Å². The zero-order chi connectivity index (χ0) is 15.6. The van der Waals surface area contributed by atoms with Crippen molar-refractivity contribution in [1.82, 2.24) is 10.2 Å². The number of nitrogens with zero attached hydrogens (tertiary/aromatic N) is 1. The van der Waals surface area contributed by atoms with Crippen molar-refractivity contribution in [3.05, 3.63) is 29.8 Å². The number of alkyl halides is 3. The zero-order valence-electron chi connectivity index (χ0n) is 12.4. The Morgan fingerprint density at radius 3 is 2.50 bits per heavy atom. The third-order valence-electron chi connectivity index (χ3n) is 4.35. The van der Waals surface area contributed by atoms with Gasteiger partial charge in [0.15, 0.2) is 0 Å². The second-order valence-electron chi connectivity index (χ2n) is 6.07. The van der Waals surface area contributed by atoms with Gasteiger partial charge >= 0.3 is 6.36 Å². The highest BCUT2D eigenvalue weighted by Gasteiger charge is 2.36. The molecule has 1 saturated carbocycles. The van der Waals surface area contributed by atoms with Gasteiger partial charge in [-0.3, -0.25) is 4.90 Å². The zero-order valence-corrected chi connectivity index (χ0v) is 12.4. The molecule has 22 heavy (non-hydrogen) atoms. The highest BCUT2D eigenvalue weighted by molar-refractivity contribution is 5.36. The normalized spacial score (nSPS) is 21.6. The first-order valence-corrected chi connectivity index (χ1v) is 7.82. The summed E-state index contributed by atoms with van der Waals surface area (Å²) in [5, 5.41) is 3.29. The lowest BCUT2D eigenvalue weighted by atomic mass is 9.97. The van der Waals surface area contributed by atoms with E-state index >= 15 is 0 Å². The first kappa shape index (κ1) is 15.6. The van der Waals surface area contributed by atoms with Crippen molar-refractivity contribution < 1.29 is 17.9 Å². The molecule has 0 aromatic heterocycles. The van der Waals surface area contributed by atoms with Crippen LogP contribution in [0.2, 0.25) is 0 Å². The van der Waals surface area contributed by atoms with Gasteiger partial charge < -0.3 is 10.1 Å². The Hall–Kier alpha value is -1.27. The number of benzene rings is 1. The van der Waals surface area contributed by atoms with Crippen LogP contribution in [-0.4, -0.2) is 37.4 Å². The number of nitrogens with one attached hydrogen (secondary N) is 1. The third kappa shape index (κ3) is 4.14. The maximum atomic E-state index is 12.7. The summed E-state index contributed by atoms with van der Waals surface area (Å²) in [4.78, 5) is 2.29. The Balaban J connectivity index is 1.85. The van der Waals surface area contributed by atoms with E-state index in [2.05, 4.69) is 15.0 Å². The largest absolute Gasteiger partial charge is 0.573 e. The molecule has 1 atom stereocenters. The SMILES string of the molecule is FC(F)(F)Oc1ccccc1[C@H](CC1CC1)N1CCNCC1. The average Bonchev–Trinajstić information content (AvgIpc) is 3.29. The second-order valence-corrected chi connectivity index (χ2v) is 6.07. The van der Waals surface area contributed by atoms with Crippen LogP contribution in [0.15, 0.2) is 24.3 Å². The Morgan fingerprint density at radius 2 is 1.86 bits per heavy atom. The number of hydrogen-bond acceptors (Lipinski definition) is 3. The quantitative estimate of drug-likeness (QED) is 0.902. The van der Waals surface area contributed by atoms with Gasteiger partial charge in [-0.05, 0) is 18.4 Å². The molecule has 2 fully saturated rings. The molecule has 1 heterocycles. The van der Waals surface area contributed by atoms with Crippen molar-refractivity contribution in [3.63, 3.8) is 0 Å². The van der Waals surface area contributed by atoms with Crippen LogP contribution in [0.4, 0.5) is 13.2 Å². The Morgan fingerprint density at radius 1 is 1.18 bits per heavy atom. The Labute approximate surface area is 128 Å². The van der Waals surface area contributed by atoms with Crippen molar-refractivity contribution in [2.75, 3.05) is 26.2 Å². The Bertz CT molecular complexity index is 496. The summed E-state index contributed by atoms with van der Waals surface area (Å²) in [6.45, 7) is 3.47. The molecule has 0 bridgehead atoms. The standard InChI is InChI=1S/C16H21F3N2O/c17-16(18,19)22-15-4-2-1-3-13(15)14(11-12-5-6-12)21-9-7-20-8-10-21/h1-4,12,14,20H,5-11H2/t14-/m0/s1. The molecule has 1 saturated heterocycles. The van der Waals surface area contributed by atoms with Crippen LogP contribution in [0.3, 0.4) is 0 Å². The number of hydrogen-bond donors (Lipinski definition) is 1. The molecule has 0 spiro atoms. The molecule has 3 rings (SSSR count). The highest BCUT2D eigenvalue weighted by atomic mass is 19.4. The lowest BCUT2D eigenvalue weighted by molar-refractivity contribution is -0.275. The number of piperazine rings is 1. The smallest absolute Gasteiger partial charge is 0.405 e. The highest BCUT2D eigenvalue weighted by Crippen LogP contribution is 2.43. The van der Waals surface area contributed by atoms with Crippen LogP contribution in [0, 0.1) is 5.92 Å². The number of ether oxygens (including phenoxy) is 1. The fraction of sp³-hybridized carbons (Fsp3) is 0.625. The predicted octanol–water partition coefficient (Wildman–Crippen LogP) is 3.33. The molecular formula is C16H21F3N2O. The van der Waals surface area contributed by atoms with Gasteiger partial charge in [-0.25, -0.2) is 0 Å². The van der Waals surface area contributed by atoms with Crippen molar-refractivity contribution in [2.45, 2.75) is 31.7 Å². The monoisotopic (exact) mass is 314 g/mol. The van der Waals surface area contributed by atoms with Crippen LogP contribution in [0.1, 0.15) is 30.9 Å². The summed E-state index contributed by atoms with van der Waals surface area (Å²) in [6.07, 6.45) is -1.36. The number of para-hydroxylation sites is 1. The molecule has 6 heteroatoms. The average molecular weight is 314 g/mol. The van der Waals surface area contributed by atoms with Crippen molar-refractivity contribution in [3.8, 4) is 5.75 Å². The van der Waals surface area contributed by atoms with Crippen molar-refractivity contribution in [1.29, 1.82) is 0 Å². The van der Waals surface area contributed by atoms with Gasteiger partial charge in [0.25, 0.3) is 0 Å². The van der Waals surface area contributed by atoms with Crippen molar-refractivity contribution in [2.24, 2.45) is 5.92 Å². The van der Waals surface area contributed by atoms with Gasteiger partial charge in [-0.1, -0.05) is 31.0 Å². The molecule has 0 unspecified atom stereocenters. The van der Waals surface area contributed by atoms with Crippen molar-refractivity contribution >= 4 is 0 Å². The van der Waals surface area contributed by atoms with E-state index < -0.39 is 6.36 Å². The van der Waals surface area contributed by atoms with E-state index in [9.17, 15) is 13.2 Å². The minimum absolute atomic E-state index is 0.00755. The molecule has 1 aliphatic heterocycles. The fourth-order valence-corrected chi connectivity index (χ4v) is 3.11. The lowest BCUT2D eigenvalue weighted by Gasteiger charge is -2.36.